The normalized spacial score (nSPS) is 13.0. The summed E-state index contributed by atoms with van der Waals surface area (Å²) in [4.78, 5) is 0.0172. The molecule has 0 saturated heterocycles. The molecule has 0 spiro atoms. The Kier molecular flexibility index (Phi) is 14.5. The van der Waals surface area contributed by atoms with Crippen molar-refractivity contribution in [2.75, 3.05) is 19.8 Å². The van der Waals surface area contributed by atoms with Gasteiger partial charge in [0.25, 0.3) is 0 Å². The molecule has 0 N–H and O–H groups in total. The molecule has 0 saturated carbocycles. The van der Waals surface area contributed by atoms with Crippen molar-refractivity contribution in [1.29, 1.82) is 5.26 Å². The van der Waals surface area contributed by atoms with E-state index in [9.17, 15) is 0 Å². The Labute approximate surface area is 142 Å². The summed E-state index contributed by atoms with van der Waals surface area (Å²) in [6, 6.07) is 0. The topological polar surface area (TPSA) is 51.5 Å². The van der Waals surface area contributed by atoms with Crippen LogP contribution in [0.1, 0.15) is 72.6 Å². The molecular weight excluding hydrogens is 314 g/mol. The zero-order valence-corrected chi connectivity index (χ0v) is 16.5. The minimum atomic E-state index is -2.78. The van der Waals surface area contributed by atoms with Crippen molar-refractivity contribution >= 4 is 20.6 Å². The van der Waals surface area contributed by atoms with E-state index in [1.54, 1.807) is 0 Å². The number of thioether (sulfide) groups is 1. The number of nitrogens with zero attached hydrogens (tertiary/aromatic N) is 1. The molecular formula is C16H33NO3SSi. The van der Waals surface area contributed by atoms with Crippen molar-refractivity contribution in [3.8, 4) is 5.40 Å². The Morgan fingerprint density at radius 3 is 1.82 bits per heavy atom. The summed E-state index contributed by atoms with van der Waals surface area (Å²) in [5, 5.41) is 11.4. The summed E-state index contributed by atoms with van der Waals surface area (Å²) >= 11 is 1.26. The average Bonchev–Trinajstić information content (AvgIpc) is 2.50. The minimum absolute atomic E-state index is 0.0172. The van der Waals surface area contributed by atoms with Gasteiger partial charge in [-0.1, -0.05) is 45.4 Å². The summed E-state index contributed by atoms with van der Waals surface area (Å²) < 4.78 is 17.8. The number of rotatable bonds is 15. The van der Waals surface area contributed by atoms with Gasteiger partial charge in [-0.3, -0.25) is 0 Å². The molecule has 0 aliphatic heterocycles. The SMILES string of the molecule is CCCCCCCCC(SC#N)[Si](OCC)(OCC)OCC. The van der Waals surface area contributed by atoms with Crippen molar-refractivity contribution < 1.29 is 13.3 Å². The molecule has 0 heterocycles. The van der Waals surface area contributed by atoms with E-state index in [-0.39, 0.29) is 4.87 Å². The lowest BCUT2D eigenvalue weighted by Gasteiger charge is -2.33. The van der Waals surface area contributed by atoms with Crippen LogP contribution >= 0.6 is 11.8 Å². The third kappa shape index (κ3) is 8.54. The summed E-state index contributed by atoms with van der Waals surface area (Å²) in [5.41, 5.74) is 0. The fourth-order valence-corrected chi connectivity index (χ4v) is 6.82. The van der Waals surface area contributed by atoms with Gasteiger partial charge in [-0.2, -0.15) is 5.26 Å². The first-order chi connectivity index (χ1) is 10.7. The van der Waals surface area contributed by atoms with Crippen LogP contribution in [0.15, 0.2) is 0 Å². The highest BCUT2D eigenvalue weighted by Gasteiger charge is 2.49. The lowest BCUT2D eigenvalue weighted by molar-refractivity contribution is 0.0687. The number of hydrogen-bond acceptors (Lipinski definition) is 5. The first kappa shape index (κ1) is 21.9. The maximum absolute atomic E-state index is 9.15. The maximum Gasteiger partial charge on any atom is 0.515 e. The molecule has 0 radical (unpaired) electrons. The van der Waals surface area contributed by atoms with Crippen molar-refractivity contribution in [1.82, 2.24) is 0 Å². The molecule has 0 aromatic carbocycles. The second-order valence-corrected chi connectivity index (χ2v) is 9.33. The molecule has 0 fully saturated rings. The molecule has 0 amide bonds. The van der Waals surface area contributed by atoms with Gasteiger partial charge in [0.15, 0.2) is 0 Å². The number of unbranched alkanes of at least 4 members (excludes halogenated alkanes) is 5. The van der Waals surface area contributed by atoms with Crippen molar-refractivity contribution in [3.63, 3.8) is 0 Å². The zero-order valence-electron chi connectivity index (χ0n) is 14.7. The Morgan fingerprint density at radius 1 is 0.864 bits per heavy atom. The summed E-state index contributed by atoms with van der Waals surface area (Å²) in [6.45, 7) is 9.78. The third-order valence-corrected chi connectivity index (χ3v) is 8.44. The minimum Gasteiger partial charge on any atom is -0.373 e. The van der Waals surface area contributed by atoms with Gasteiger partial charge in [0.1, 0.15) is 5.40 Å². The summed E-state index contributed by atoms with van der Waals surface area (Å²) in [6.07, 6.45) is 8.38. The molecule has 0 bridgehead atoms. The number of hydrogen-bond donors (Lipinski definition) is 0. The van der Waals surface area contributed by atoms with Crippen LogP contribution in [0.4, 0.5) is 0 Å². The Morgan fingerprint density at radius 2 is 1.36 bits per heavy atom. The van der Waals surface area contributed by atoms with Crippen molar-refractivity contribution in [2.24, 2.45) is 0 Å². The van der Waals surface area contributed by atoms with E-state index < -0.39 is 8.80 Å². The highest BCUT2D eigenvalue weighted by Crippen LogP contribution is 2.30. The van der Waals surface area contributed by atoms with Crippen molar-refractivity contribution in [2.45, 2.75) is 77.5 Å². The number of nitriles is 1. The quantitative estimate of drug-likeness (QED) is 0.239. The Hall–Kier alpha value is -0.0631. The van der Waals surface area contributed by atoms with Crippen LogP contribution in [0.3, 0.4) is 0 Å². The van der Waals surface area contributed by atoms with E-state index in [4.69, 9.17) is 18.5 Å². The van der Waals surface area contributed by atoms with Gasteiger partial charge in [0.05, 0.1) is 4.87 Å². The standard InChI is InChI=1S/C16H33NO3SSi/c1-5-9-10-11-12-13-14-16(21-15-17)22(18-6-2,19-7-3)20-8-4/h16H,5-14H2,1-4H3. The third-order valence-electron chi connectivity index (χ3n) is 3.45. The lowest BCUT2D eigenvalue weighted by atomic mass is 10.1. The molecule has 6 heteroatoms. The van der Waals surface area contributed by atoms with Gasteiger partial charge in [-0.05, 0) is 39.0 Å². The fourth-order valence-electron chi connectivity index (χ4n) is 2.49. The van der Waals surface area contributed by atoms with E-state index >= 15 is 0 Å². The van der Waals surface area contributed by atoms with Gasteiger partial charge in [0, 0.05) is 19.8 Å². The Bertz CT molecular complexity index is 283. The predicted octanol–water partition coefficient (Wildman–Crippen LogP) is 4.91. The molecule has 0 aliphatic rings. The van der Waals surface area contributed by atoms with Gasteiger partial charge in [-0.25, -0.2) is 0 Å². The van der Waals surface area contributed by atoms with Gasteiger partial charge in [-0.15, -0.1) is 0 Å². The second-order valence-electron chi connectivity index (χ2n) is 5.16. The second kappa shape index (κ2) is 14.5. The lowest BCUT2D eigenvalue weighted by Crippen LogP contribution is -2.55. The first-order valence-corrected chi connectivity index (χ1v) is 11.3. The molecule has 1 atom stereocenters. The van der Waals surface area contributed by atoms with Crippen LogP contribution in [-0.4, -0.2) is 33.5 Å². The molecule has 4 nitrogen and oxygen atoms in total. The van der Waals surface area contributed by atoms with Gasteiger partial charge < -0.3 is 13.3 Å². The molecule has 130 valence electrons. The molecule has 0 aromatic rings. The monoisotopic (exact) mass is 347 g/mol. The maximum atomic E-state index is 9.15. The first-order valence-electron chi connectivity index (χ1n) is 8.67. The fraction of sp³-hybridized carbons (Fsp3) is 0.938. The molecule has 0 rings (SSSR count). The molecule has 0 aliphatic carbocycles. The highest BCUT2D eigenvalue weighted by atomic mass is 32.2. The van der Waals surface area contributed by atoms with Crippen LogP contribution in [0, 0.1) is 10.7 Å². The van der Waals surface area contributed by atoms with Crippen LogP contribution in [0.2, 0.25) is 0 Å². The Balaban J connectivity index is 4.63. The summed E-state index contributed by atoms with van der Waals surface area (Å²) in [5.74, 6) is 0. The molecule has 1 unspecified atom stereocenters. The van der Waals surface area contributed by atoms with E-state index in [0.29, 0.717) is 19.8 Å². The van der Waals surface area contributed by atoms with Gasteiger partial charge >= 0.3 is 8.80 Å². The van der Waals surface area contributed by atoms with E-state index in [1.165, 1.54) is 43.9 Å². The van der Waals surface area contributed by atoms with Gasteiger partial charge in [0.2, 0.25) is 0 Å². The highest BCUT2D eigenvalue weighted by molar-refractivity contribution is 8.05. The van der Waals surface area contributed by atoms with E-state index in [1.807, 2.05) is 20.8 Å². The van der Waals surface area contributed by atoms with Crippen molar-refractivity contribution in [3.05, 3.63) is 0 Å². The van der Waals surface area contributed by atoms with Crippen LogP contribution in [0.5, 0.6) is 0 Å². The van der Waals surface area contributed by atoms with Crippen LogP contribution < -0.4 is 0 Å². The predicted molar refractivity (Wildman–Crippen MR) is 95.6 cm³/mol. The van der Waals surface area contributed by atoms with Crippen LogP contribution in [0.25, 0.3) is 0 Å². The number of thiocyanates is 1. The van der Waals surface area contributed by atoms with E-state index in [2.05, 4.69) is 12.3 Å². The van der Waals surface area contributed by atoms with Crippen LogP contribution in [-0.2, 0) is 13.3 Å². The largest absolute Gasteiger partial charge is 0.515 e. The molecule has 0 aromatic heterocycles. The molecule has 22 heavy (non-hydrogen) atoms. The summed E-state index contributed by atoms with van der Waals surface area (Å²) in [7, 11) is -2.78. The average molecular weight is 348 g/mol. The van der Waals surface area contributed by atoms with E-state index in [0.717, 1.165) is 12.8 Å². The smallest absolute Gasteiger partial charge is 0.373 e. The zero-order chi connectivity index (χ0) is 16.7.